The highest BCUT2D eigenvalue weighted by atomic mass is 32.2. The number of aromatic nitrogens is 5. The van der Waals surface area contributed by atoms with Gasteiger partial charge in [-0.2, -0.15) is 0 Å². The second-order valence-electron chi connectivity index (χ2n) is 7.70. The number of halogens is 1. The molecular weight excluding hydrogens is 425 g/mol. The first-order chi connectivity index (χ1) is 14.8. The van der Waals surface area contributed by atoms with Crippen molar-refractivity contribution in [2.75, 3.05) is 13.2 Å². The topological polar surface area (TPSA) is 113 Å². The Labute approximate surface area is 179 Å². The van der Waals surface area contributed by atoms with Gasteiger partial charge in [0, 0.05) is 25.7 Å². The van der Waals surface area contributed by atoms with Crippen molar-refractivity contribution in [3.63, 3.8) is 0 Å². The summed E-state index contributed by atoms with van der Waals surface area (Å²) in [6.07, 6.45) is 3.61. The van der Waals surface area contributed by atoms with Gasteiger partial charge in [-0.15, -0.1) is 10.2 Å². The molecule has 1 saturated heterocycles. The average molecular weight is 450 g/mol. The number of hydrogen-bond acceptors (Lipinski definition) is 8. The molecule has 166 valence electrons. The van der Waals surface area contributed by atoms with Crippen LogP contribution in [0.25, 0.3) is 11.6 Å². The second kappa shape index (κ2) is 8.83. The third-order valence-electron chi connectivity index (χ3n) is 5.37. The molecular formula is C20H24FN5O4S. The molecule has 0 amide bonds. The van der Waals surface area contributed by atoms with E-state index in [1.54, 1.807) is 6.92 Å². The van der Waals surface area contributed by atoms with E-state index in [1.165, 1.54) is 0 Å². The Hall–Kier alpha value is -2.66. The van der Waals surface area contributed by atoms with Gasteiger partial charge in [-0.1, -0.05) is 0 Å². The zero-order valence-electron chi connectivity index (χ0n) is 17.4. The minimum Gasteiger partial charge on any atom is -0.458 e. The van der Waals surface area contributed by atoms with Crippen LogP contribution in [0.2, 0.25) is 0 Å². The van der Waals surface area contributed by atoms with Crippen molar-refractivity contribution in [3.05, 3.63) is 47.8 Å². The third kappa shape index (κ3) is 4.82. The Bertz CT molecular complexity index is 1140. The number of sulfone groups is 1. The Morgan fingerprint density at radius 1 is 1.19 bits per heavy atom. The van der Waals surface area contributed by atoms with Gasteiger partial charge in [-0.25, -0.2) is 22.8 Å². The molecule has 4 rings (SSSR count). The SMILES string of the molecule is Cc1ccc(-c2nnc(CS(=O)(=O)[C@@H](C)Cc3ncc(F)cn3)n2C2CCOCC2)o1. The first-order valence-corrected chi connectivity index (χ1v) is 11.8. The molecule has 0 N–H and O–H groups in total. The summed E-state index contributed by atoms with van der Waals surface area (Å²) in [5.74, 6) is 1.59. The zero-order valence-corrected chi connectivity index (χ0v) is 18.2. The van der Waals surface area contributed by atoms with Crippen LogP contribution in [0.3, 0.4) is 0 Å². The monoisotopic (exact) mass is 449 g/mol. The fourth-order valence-electron chi connectivity index (χ4n) is 3.62. The molecule has 1 atom stereocenters. The standard InChI is InChI=1S/C20H24FN5O4S/c1-13-3-4-17(30-13)20-25-24-19(26(20)16-5-7-29-8-6-16)12-31(27,28)14(2)9-18-22-10-15(21)11-23-18/h3-4,10-11,14,16H,5-9,12H2,1-2H3/t14-/m0/s1. The molecule has 0 saturated carbocycles. The van der Waals surface area contributed by atoms with Crippen LogP contribution in [0, 0.1) is 12.7 Å². The lowest BCUT2D eigenvalue weighted by molar-refractivity contribution is 0.0692. The molecule has 0 radical (unpaired) electrons. The van der Waals surface area contributed by atoms with E-state index in [1.807, 2.05) is 23.6 Å². The summed E-state index contributed by atoms with van der Waals surface area (Å²) in [4.78, 5) is 7.73. The number of rotatable bonds is 7. The first-order valence-electron chi connectivity index (χ1n) is 10.1. The van der Waals surface area contributed by atoms with Crippen molar-refractivity contribution in [2.45, 2.75) is 50.2 Å². The number of nitrogens with zero attached hydrogens (tertiary/aromatic N) is 5. The second-order valence-corrected chi connectivity index (χ2v) is 10.1. The summed E-state index contributed by atoms with van der Waals surface area (Å²) < 4.78 is 52.3. The van der Waals surface area contributed by atoms with E-state index < -0.39 is 20.9 Å². The van der Waals surface area contributed by atoms with E-state index in [0.29, 0.717) is 30.6 Å². The summed E-state index contributed by atoms with van der Waals surface area (Å²) in [6.45, 7) is 4.60. The molecule has 0 unspecified atom stereocenters. The predicted octanol–water partition coefficient (Wildman–Crippen LogP) is 2.67. The molecule has 9 nitrogen and oxygen atoms in total. The van der Waals surface area contributed by atoms with Crippen LogP contribution in [0.4, 0.5) is 4.39 Å². The highest BCUT2D eigenvalue weighted by Crippen LogP contribution is 2.30. The fraction of sp³-hybridized carbons (Fsp3) is 0.500. The molecule has 31 heavy (non-hydrogen) atoms. The molecule has 4 heterocycles. The third-order valence-corrected chi connectivity index (χ3v) is 7.42. The smallest absolute Gasteiger partial charge is 0.200 e. The minimum absolute atomic E-state index is 0.0186. The molecule has 0 spiro atoms. The van der Waals surface area contributed by atoms with E-state index in [9.17, 15) is 12.8 Å². The van der Waals surface area contributed by atoms with Gasteiger partial charge in [0.25, 0.3) is 0 Å². The highest BCUT2D eigenvalue weighted by Gasteiger charge is 2.30. The molecule has 3 aromatic heterocycles. The van der Waals surface area contributed by atoms with Crippen LogP contribution in [0.15, 0.2) is 28.9 Å². The first kappa shape index (κ1) is 21.6. The summed E-state index contributed by atoms with van der Waals surface area (Å²) in [5, 5.41) is 7.70. The van der Waals surface area contributed by atoms with Gasteiger partial charge >= 0.3 is 0 Å². The van der Waals surface area contributed by atoms with Gasteiger partial charge in [0.2, 0.25) is 0 Å². The van der Waals surface area contributed by atoms with Crippen molar-refractivity contribution < 1.29 is 22.0 Å². The van der Waals surface area contributed by atoms with E-state index in [0.717, 1.165) is 31.0 Å². The molecule has 0 aromatic carbocycles. The normalized spacial score (nSPS) is 16.5. The van der Waals surface area contributed by atoms with E-state index >= 15 is 0 Å². The van der Waals surface area contributed by atoms with Crippen LogP contribution < -0.4 is 0 Å². The molecule has 1 fully saturated rings. The lowest BCUT2D eigenvalue weighted by atomic mass is 10.1. The van der Waals surface area contributed by atoms with Crippen LogP contribution in [0.1, 0.15) is 43.2 Å². The summed E-state index contributed by atoms with van der Waals surface area (Å²) >= 11 is 0. The molecule has 0 bridgehead atoms. The quantitative estimate of drug-likeness (QED) is 0.541. The number of hydrogen-bond donors (Lipinski definition) is 0. The van der Waals surface area contributed by atoms with Crippen molar-refractivity contribution in [1.82, 2.24) is 24.7 Å². The molecule has 11 heteroatoms. The molecule has 3 aromatic rings. The van der Waals surface area contributed by atoms with Crippen LogP contribution >= 0.6 is 0 Å². The van der Waals surface area contributed by atoms with E-state index in [2.05, 4.69) is 20.2 Å². The van der Waals surface area contributed by atoms with Gasteiger partial charge < -0.3 is 13.7 Å². The van der Waals surface area contributed by atoms with Crippen LogP contribution in [-0.4, -0.2) is 51.6 Å². The Morgan fingerprint density at radius 2 is 1.90 bits per heavy atom. The van der Waals surface area contributed by atoms with E-state index in [4.69, 9.17) is 9.15 Å². The predicted molar refractivity (Wildman–Crippen MR) is 109 cm³/mol. The Balaban J connectivity index is 1.62. The van der Waals surface area contributed by atoms with Gasteiger partial charge in [0.05, 0.1) is 17.6 Å². The minimum atomic E-state index is -3.61. The maximum absolute atomic E-state index is 13.1. The van der Waals surface area contributed by atoms with Crippen molar-refractivity contribution in [2.24, 2.45) is 0 Å². The molecule has 1 aliphatic rings. The zero-order chi connectivity index (χ0) is 22.0. The maximum atomic E-state index is 13.1. The van der Waals surface area contributed by atoms with Crippen molar-refractivity contribution in [3.8, 4) is 11.6 Å². The van der Waals surface area contributed by atoms with Gasteiger partial charge in [0.1, 0.15) is 23.2 Å². The van der Waals surface area contributed by atoms with Gasteiger partial charge in [0.15, 0.2) is 27.2 Å². The van der Waals surface area contributed by atoms with Crippen molar-refractivity contribution >= 4 is 9.84 Å². The Kier molecular flexibility index (Phi) is 6.15. The lowest BCUT2D eigenvalue weighted by Gasteiger charge is -2.26. The largest absolute Gasteiger partial charge is 0.458 e. The highest BCUT2D eigenvalue weighted by molar-refractivity contribution is 7.91. The molecule has 0 aliphatic carbocycles. The molecule has 1 aliphatic heterocycles. The average Bonchev–Trinajstić information content (AvgIpc) is 3.36. The van der Waals surface area contributed by atoms with Gasteiger partial charge in [-0.3, -0.25) is 0 Å². The summed E-state index contributed by atoms with van der Waals surface area (Å²) in [6, 6.07) is 3.66. The number of furan rings is 1. The Morgan fingerprint density at radius 3 is 2.55 bits per heavy atom. The number of aryl methyl sites for hydroxylation is 1. The fourth-order valence-corrected chi connectivity index (χ4v) is 4.87. The summed E-state index contributed by atoms with van der Waals surface area (Å²) in [7, 11) is -3.61. The van der Waals surface area contributed by atoms with Crippen molar-refractivity contribution in [1.29, 1.82) is 0 Å². The van der Waals surface area contributed by atoms with Gasteiger partial charge in [-0.05, 0) is 38.8 Å². The van der Waals surface area contributed by atoms with E-state index in [-0.39, 0.29) is 24.0 Å². The van der Waals surface area contributed by atoms with Crippen LogP contribution in [0.5, 0.6) is 0 Å². The number of ether oxygens (including phenoxy) is 1. The van der Waals surface area contributed by atoms with Crippen LogP contribution in [-0.2, 0) is 26.7 Å². The lowest BCUT2D eigenvalue weighted by Crippen LogP contribution is -2.27. The maximum Gasteiger partial charge on any atom is 0.200 e. The summed E-state index contributed by atoms with van der Waals surface area (Å²) in [5.41, 5.74) is 0.